The molecule has 0 atom stereocenters. The third-order valence-electron chi connectivity index (χ3n) is 4.98. The van der Waals surface area contributed by atoms with E-state index in [4.69, 9.17) is 4.74 Å². The normalized spacial score (nSPS) is 11.0. The van der Waals surface area contributed by atoms with Crippen LogP contribution < -0.4 is 4.74 Å². The van der Waals surface area contributed by atoms with Gasteiger partial charge in [-0.05, 0) is 63.6 Å². The molecular weight excluding hydrogens is 388 g/mol. The van der Waals surface area contributed by atoms with Crippen molar-refractivity contribution in [2.75, 3.05) is 7.05 Å². The highest BCUT2D eigenvalue weighted by Crippen LogP contribution is 2.32. The minimum atomic E-state index is -0.424. The summed E-state index contributed by atoms with van der Waals surface area (Å²) in [6.07, 6.45) is 0.692. The summed E-state index contributed by atoms with van der Waals surface area (Å²) in [5, 5.41) is 4.54. The van der Waals surface area contributed by atoms with Crippen LogP contribution in [0.15, 0.2) is 48.5 Å². The molecule has 1 aromatic heterocycles. The zero-order valence-corrected chi connectivity index (χ0v) is 17.5. The van der Waals surface area contributed by atoms with E-state index in [1.807, 2.05) is 20.8 Å². The van der Waals surface area contributed by atoms with Crippen molar-refractivity contribution in [1.82, 2.24) is 14.7 Å². The van der Waals surface area contributed by atoms with Gasteiger partial charge in [0.2, 0.25) is 11.8 Å². The first-order valence-electron chi connectivity index (χ1n) is 9.79. The fourth-order valence-corrected chi connectivity index (χ4v) is 3.03. The van der Waals surface area contributed by atoms with E-state index < -0.39 is 5.82 Å². The lowest BCUT2D eigenvalue weighted by atomic mass is 10.1. The second kappa shape index (κ2) is 9.07. The Kier molecular flexibility index (Phi) is 6.50. The van der Waals surface area contributed by atoms with Gasteiger partial charge in [-0.1, -0.05) is 6.07 Å². The molecule has 7 heteroatoms. The van der Waals surface area contributed by atoms with E-state index in [9.17, 15) is 13.6 Å². The summed E-state index contributed by atoms with van der Waals surface area (Å²) < 4.78 is 34.6. The second-order valence-corrected chi connectivity index (χ2v) is 7.42. The third-order valence-corrected chi connectivity index (χ3v) is 4.98. The maximum Gasteiger partial charge on any atom is 0.226 e. The summed E-state index contributed by atoms with van der Waals surface area (Å²) in [5.41, 5.74) is 2.03. The van der Waals surface area contributed by atoms with E-state index in [0.717, 1.165) is 5.56 Å². The summed E-state index contributed by atoms with van der Waals surface area (Å²) in [6.45, 7) is 5.73. The van der Waals surface area contributed by atoms with Crippen LogP contribution in [0.4, 0.5) is 8.78 Å². The van der Waals surface area contributed by atoms with Crippen LogP contribution in [0.25, 0.3) is 5.69 Å². The van der Waals surface area contributed by atoms with Gasteiger partial charge in [0.05, 0.1) is 11.4 Å². The monoisotopic (exact) mass is 413 g/mol. The quantitative estimate of drug-likeness (QED) is 0.545. The van der Waals surface area contributed by atoms with Crippen LogP contribution in [0.2, 0.25) is 0 Å². The SMILES string of the molecule is Cc1nn(-c2ccc(F)cc2)c(Oc2cccc(F)c2)c1CCC(=O)N(C)C(C)C. The van der Waals surface area contributed by atoms with Crippen LogP contribution in [0.5, 0.6) is 11.6 Å². The molecule has 0 spiro atoms. The summed E-state index contributed by atoms with van der Waals surface area (Å²) in [6, 6.07) is 11.7. The molecule has 1 amide bonds. The Balaban J connectivity index is 1.98. The number of benzene rings is 2. The lowest BCUT2D eigenvalue weighted by Crippen LogP contribution is -2.33. The maximum absolute atomic E-state index is 13.7. The van der Waals surface area contributed by atoms with Gasteiger partial charge in [0.15, 0.2) is 0 Å². The molecule has 5 nitrogen and oxygen atoms in total. The molecule has 0 unspecified atom stereocenters. The smallest absolute Gasteiger partial charge is 0.226 e. The zero-order chi connectivity index (χ0) is 21.8. The number of carbonyl (C=O) groups is 1. The van der Waals surface area contributed by atoms with Crippen molar-refractivity contribution < 1.29 is 18.3 Å². The van der Waals surface area contributed by atoms with Gasteiger partial charge in [-0.25, -0.2) is 13.5 Å². The number of ether oxygens (including phenoxy) is 1. The first-order chi connectivity index (χ1) is 14.3. The van der Waals surface area contributed by atoms with Crippen LogP contribution in [-0.4, -0.2) is 33.7 Å². The predicted molar refractivity (Wildman–Crippen MR) is 111 cm³/mol. The largest absolute Gasteiger partial charge is 0.439 e. The van der Waals surface area contributed by atoms with Gasteiger partial charge in [0, 0.05) is 31.1 Å². The van der Waals surface area contributed by atoms with Gasteiger partial charge >= 0.3 is 0 Å². The van der Waals surface area contributed by atoms with Crippen LogP contribution >= 0.6 is 0 Å². The molecular formula is C23H25F2N3O2. The van der Waals surface area contributed by atoms with Crippen LogP contribution in [0.1, 0.15) is 31.5 Å². The van der Waals surface area contributed by atoms with Crippen molar-refractivity contribution in [2.24, 2.45) is 0 Å². The number of carbonyl (C=O) groups excluding carboxylic acids is 1. The molecule has 0 fully saturated rings. The molecule has 158 valence electrons. The number of hydrogen-bond acceptors (Lipinski definition) is 3. The maximum atomic E-state index is 13.7. The molecule has 0 radical (unpaired) electrons. The van der Waals surface area contributed by atoms with Crippen LogP contribution in [0.3, 0.4) is 0 Å². The highest BCUT2D eigenvalue weighted by molar-refractivity contribution is 5.76. The number of rotatable bonds is 7. The standard InChI is InChI=1S/C23H25F2N3O2/c1-15(2)27(4)22(29)13-12-21-16(3)26-28(19-10-8-17(24)9-11-19)23(21)30-20-7-5-6-18(25)14-20/h5-11,14-15H,12-13H2,1-4H3. The average Bonchev–Trinajstić information content (AvgIpc) is 3.01. The summed E-state index contributed by atoms with van der Waals surface area (Å²) in [5.74, 6) is -0.0874. The Labute approximate surface area is 174 Å². The topological polar surface area (TPSA) is 47.4 Å². The van der Waals surface area contributed by atoms with Crippen molar-refractivity contribution in [2.45, 2.75) is 39.7 Å². The van der Waals surface area contributed by atoms with Gasteiger partial charge in [-0.3, -0.25) is 4.79 Å². The number of aromatic nitrogens is 2. The summed E-state index contributed by atoms with van der Waals surface area (Å²) in [4.78, 5) is 14.2. The fourth-order valence-electron chi connectivity index (χ4n) is 3.03. The Morgan fingerprint density at radius 1 is 1.13 bits per heavy atom. The van der Waals surface area contributed by atoms with E-state index in [1.54, 1.807) is 40.9 Å². The first kappa shape index (κ1) is 21.5. The first-order valence-corrected chi connectivity index (χ1v) is 9.79. The van der Waals surface area contributed by atoms with Gasteiger partial charge in [0.25, 0.3) is 0 Å². The second-order valence-electron chi connectivity index (χ2n) is 7.42. The number of aryl methyl sites for hydroxylation is 1. The van der Waals surface area contributed by atoms with E-state index in [-0.39, 0.29) is 24.2 Å². The number of nitrogens with zero attached hydrogens (tertiary/aromatic N) is 3. The van der Waals surface area contributed by atoms with Crippen LogP contribution in [0, 0.1) is 18.6 Å². The van der Waals surface area contributed by atoms with Gasteiger partial charge in [-0.2, -0.15) is 5.10 Å². The fraction of sp³-hybridized carbons (Fsp3) is 0.304. The van der Waals surface area contributed by atoms with Gasteiger partial charge < -0.3 is 9.64 Å². The van der Waals surface area contributed by atoms with Crippen molar-refractivity contribution in [3.05, 3.63) is 71.4 Å². The molecule has 0 bridgehead atoms. The number of halogens is 2. The van der Waals surface area contributed by atoms with E-state index >= 15 is 0 Å². The molecule has 1 heterocycles. The minimum Gasteiger partial charge on any atom is -0.439 e. The minimum absolute atomic E-state index is 0.00985. The zero-order valence-electron chi connectivity index (χ0n) is 17.5. The Morgan fingerprint density at radius 2 is 1.83 bits per heavy atom. The summed E-state index contributed by atoms with van der Waals surface area (Å²) in [7, 11) is 1.77. The molecule has 3 aromatic rings. The molecule has 0 saturated carbocycles. The Bertz CT molecular complexity index is 1030. The molecule has 0 saturated heterocycles. The molecule has 3 rings (SSSR count). The van der Waals surface area contributed by atoms with E-state index in [0.29, 0.717) is 29.4 Å². The lowest BCUT2D eigenvalue weighted by molar-refractivity contribution is -0.131. The van der Waals surface area contributed by atoms with E-state index in [1.165, 1.54) is 24.3 Å². The van der Waals surface area contributed by atoms with Crippen LogP contribution in [-0.2, 0) is 11.2 Å². The summed E-state index contributed by atoms with van der Waals surface area (Å²) >= 11 is 0. The molecule has 30 heavy (non-hydrogen) atoms. The average molecular weight is 413 g/mol. The Morgan fingerprint density at radius 3 is 2.47 bits per heavy atom. The number of amides is 1. The molecule has 0 aliphatic heterocycles. The Hall–Kier alpha value is -3.22. The molecule has 0 N–H and O–H groups in total. The van der Waals surface area contributed by atoms with Gasteiger partial charge in [0.1, 0.15) is 17.4 Å². The van der Waals surface area contributed by atoms with Crippen molar-refractivity contribution in [3.63, 3.8) is 0 Å². The van der Waals surface area contributed by atoms with Crippen molar-refractivity contribution in [1.29, 1.82) is 0 Å². The number of hydrogen-bond donors (Lipinski definition) is 0. The molecule has 0 aliphatic carbocycles. The highest BCUT2D eigenvalue weighted by atomic mass is 19.1. The predicted octanol–water partition coefficient (Wildman–Crippen LogP) is 5.05. The van der Waals surface area contributed by atoms with Crippen molar-refractivity contribution >= 4 is 5.91 Å². The van der Waals surface area contributed by atoms with Crippen molar-refractivity contribution in [3.8, 4) is 17.3 Å². The molecule has 2 aromatic carbocycles. The van der Waals surface area contributed by atoms with Gasteiger partial charge in [-0.15, -0.1) is 0 Å². The van der Waals surface area contributed by atoms with E-state index in [2.05, 4.69) is 5.10 Å². The third kappa shape index (κ3) is 4.84. The lowest BCUT2D eigenvalue weighted by Gasteiger charge is -2.21. The molecule has 0 aliphatic rings. The highest BCUT2D eigenvalue weighted by Gasteiger charge is 2.21.